The quantitative estimate of drug-likeness (QED) is 0.253. The predicted molar refractivity (Wildman–Crippen MR) is 35.5 cm³/mol. The molecule has 0 saturated heterocycles. The molecule has 0 aliphatic rings. The summed E-state index contributed by atoms with van der Waals surface area (Å²) in [6.07, 6.45) is 0.685. The minimum absolute atomic E-state index is 0.685. The van der Waals surface area contributed by atoms with Crippen molar-refractivity contribution in [1.29, 1.82) is 0 Å². The first-order chi connectivity index (χ1) is 3.41. The van der Waals surface area contributed by atoms with Gasteiger partial charge in [0.15, 0.2) is 0 Å². The van der Waals surface area contributed by atoms with E-state index >= 15 is 0 Å². The molecule has 1 amide bonds. The third-order valence-corrected chi connectivity index (χ3v) is 1.36. The lowest BCUT2D eigenvalue weighted by Crippen LogP contribution is -2.13. The molecule has 1 N–H and O–H groups in total. The highest BCUT2D eigenvalue weighted by atomic mass is 33.1. The van der Waals surface area contributed by atoms with Gasteiger partial charge in [-0.05, 0) is 0 Å². The summed E-state index contributed by atoms with van der Waals surface area (Å²) < 4.78 is 0. The zero-order chi connectivity index (χ0) is 5.54. The van der Waals surface area contributed by atoms with Gasteiger partial charge in [-0.25, -0.2) is 0 Å². The Balaban J connectivity index is 2.56. The van der Waals surface area contributed by atoms with Crippen molar-refractivity contribution in [3.8, 4) is 0 Å². The predicted octanol–water partition coefficient (Wildman–Crippen LogP) is 0.310. The van der Waals surface area contributed by atoms with E-state index in [-0.39, 0.29) is 0 Å². The lowest BCUT2D eigenvalue weighted by molar-refractivity contribution is -0.109. The molecule has 42 valence electrons. The lowest BCUT2D eigenvalue weighted by atomic mass is 10.8. The maximum atomic E-state index is 9.53. The number of carbonyl (C=O) groups excluding carboxylic acids is 1. The molecule has 0 saturated carbocycles. The first-order valence-corrected chi connectivity index (χ1v) is 3.89. The van der Waals surface area contributed by atoms with Gasteiger partial charge in [-0.3, -0.25) is 4.79 Å². The Hall–Kier alpha value is 0.170. The van der Waals surface area contributed by atoms with E-state index in [2.05, 4.69) is 17.0 Å². The van der Waals surface area contributed by atoms with Gasteiger partial charge in [-0.1, -0.05) is 10.8 Å². The van der Waals surface area contributed by atoms with Gasteiger partial charge < -0.3 is 5.32 Å². The van der Waals surface area contributed by atoms with Crippen molar-refractivity contribution in [2.24, 2.45) is 0 Å². The van der Waals surface area contributed by atoms with E-state index in [1.165, 1.54) is 10.8 Å². The Morgan fingerprint density at radius 2 is 2.57 bits per heavy atom. The van der Waals surface area contributed by atoms with E-state index in [1.54, 1.807) is 0 Å². The average Bonchev–Trinajstić information content (AvgIpc) is 1.69. The molecule has 0 heterocycles. The van der Waals surface area contributed by atoms with Gasteiger partial charge >= 0.3 is 0 Å². The molecule has 0 atom stereocenters. The first kappa shape index (κ1) is 7.17. The van der Waals surface area contributed by atoms with Crippen LogP contribution in [-0.2, 0) is 4.79 Å². The van der Waals surface area contributed by atoms with Crippen LogP contribution in [0.5, 0.6) is 0 Å². The van der Waals surface area contributed by atoms with Crippen molar-refractivity contribution in [2.75, 3.05) is 12.3 Å². The van der Waals surface area contributed by atoms with Crippen LogP contribution < -0.4 is 5.32 Å². The Kier molecular flexibility index (Phi) is 6.32. The topological polar surface area (TPSA) is 29.1 Å². The normalized spacial score (nSPS) is 8.14. The second-order valence-corrected chi connectivity index (χ2v) is 2.35. The number of amides is 1. The van der Waals surface area contributed by atoms with Crippen LogP contribution in [0.15, 0.2) is 0 Å². The van der Waals surface area contributed by atoms with E-state index in [0.29, 0.717) is 13.0 Å². The molecule has 0 fully saturated rings. The van der Waals surface area contributed by atoms with Crippen LogP contribution in [0.3, 0.4) is 0 Å². The summed E-state index contributed by atoms with van der Waals surface area (Å²) in [6, 6.07) is 0. The summed E-state index contributed by atoms with van der Waals surface area (Å²) in [7, 11) is 1.41. The summed E-state index contributed by atoms with van der Waals surface area (Å²) in [5, 5.41) is 2.50. The molecule has 0 bridgehead atoms. The fourth-order valence-corrected chi connectivity index (χ4v) is 0.646. The van der Waals surface area contributed by atoms with Crippen LogP contribution in [-0.4, -0.2) is 18.7 Å². The van der Waals surface area contributed by atoms with Crippen molar-refractivity contribution in [1.82, 2.24) is 5.32 Å². The molecular formula is C3H7NOS2. The third-order valence-electron chi connectivity index (χ3n) is 0.421. The zero-order valence-electron chi connectivity index (χ0n) is 3.76. The second-order valence-electron chi connectivity index (χ2n) is 0.905. The summed E-state index contributed by atoms with van der Waals surface area (Å²) >= 11 is 3.85. The van der Waals surface area contributed by atoms with Crippen molar-refractivity contribution >= 4 is 28.9 Å². The van der Waals surface area contributed by atoms with E-state index in [1.807, 2.05) is 0 Å². The second kappa shape index (κ2) is 6.17. The molecule has 2 nitrogen and oxygen atoms in total. The molecule has 0 spiro atoms. The lowest BCUT2D eigenvalue weighted by Gasteiger charge is -1.89. The van der Waals surface area contributed by atoms with Gasteiger partial charge in [0.2, 0.25) is 6.41 Å². The summed E-state index contributed by atoms with van der Waals surface area (Å²) in [5.41, 5.74) is 0. The van der Waals surface area contributed by atoms with Crippen LogP contribution in [0.4, 0.5) is 0 Å². The van der Waals surface area contributed by atoms with Gasteiger partial charge in [0.25, 0.3) is 0 Å². The van der Waals surface area contributed by atoms with Gasteiger partial charge in [0.1, 0.15) is 0 Å². The fraction of sp³-hybridized carbons (Fsp3) is 0.667. The van der Waals surface area contributed by atoms with Crippen LogP contribution in [0.1, 0.15) is 0 Å². The van der Waals surface area contributed by atoms with Gasteiger partial charge in [0.05, 0.1) is 0 Å². The van der Waals surface area contributed by atoms with Crippen LogP contribution in [0, 0.1) is 0 Å². The zero-order valence-corrected chi connectivity index (χ0v) is 5.47. The molecular weight excluding hydrogens is 130 g/mol. The smallest absolute Gasteiger partial charge is 0.207 e. The fourth-order valence-electron chi connectivity index (χ4n) is 0.163. The van der Waals surface area contributed by atoms with Crippen LogP contribution >= 0.6 is 22.5 Å². The largest absolute Gasteiger partial charge is 0.358 e. The van der Waals surface area contributed by atoms with Crippen molar-refractivity contribution in [2.45, 2.75) is 0 Å². The van der Waals surface area contributed by atoms with E-state index < -0.39 is 0 Å². The first-order valence-electron chi connectivity index (χ1n) is 1.85. The number of carbonyl (C=O) groups is 1. The van der Waals surface area contributed by atoms with Crippen molar-refractivity contribution < 1.29 is 4.79 Å². The Morgan fingerprint density at radius 1 is 1.86 bits per heavy atom. The minimum Gasteiger partial charge on any atom is -0.358 e. The minimum atomic E-state index is 0.685. The molecule has 4 heteroatoms. The van der Waals surface area contributed by atoms with Gasteiger partial charge in [0, 0.05) is 12.3 Å². The Bertz CT molecular complexity index is 50.2. The molecule has 0 aromatic heterocycles. The van der Waals surface area contributed by atoms with Crippen LogP contribution in [0.2, 0.25) is 0 Å². The standard InChI is InChI=1S/C3H7NOS2/c5-3-4-1-2-7-6/h3,6H,1-2H2,(H,4,5). The SMILES string of the molecule is O=CNCCSS. The van der Waals surface area contributed by atoms with Gasteiger partial charge in [-0.2, -0.15) is 0 Å². The number of hydrogen-bond donors (Lipinski definition) is 2. The monoisotopic (exact) mass is 137 g/mol. The Morgan fingerprint density at radius 3 is 3.00 bits per heavy atom. The van der Waals surface area contributed by atoms with Gasteiger partial charge in [-0.15, -0.1) is 11.7 Å². The van der Waals surface area contributed by atoms with E-state index in [4.69, 9.17) is 0 Å². The van der Waals surface area contributed by atoms with Crippen molar-refractivity contribution in [3.63, 3.8) is 0 Å². The third kappa shape index (κ3) is 6.17. The maximum absolute atomic E-state index is 9.53. The highest BCUT2D eigenvalue weighted by molar-refractivity contribution is 8.68. The van der Waals surface area contributed by atoms with Crippen molar-refractivity contribution in [3.05, 3.63) is 0 Å². The molecule has 0 rings (SSSR count). The highest BCUT2D eigenvalue weighted by Crippen LogP contribution is 2.00. The van der Waals surface area contributed by atoms with Crippen LogP contribution in [0.25, 0.3) is 0 Å². The summed E-state index contributed by atoms with van der Waals surface area (Å²) in [6.45, 7) is 0.706. The molecule has 0 radical (unpaired) electrons. The molecule has 0 aromatic rings. The molecule has 0 aromatic carbocycles. The molecule has 7 heavy (non-hydrogen) atoms. The number of hydrogen-bond acceptors (Lipinski definition) is 3. The summed E-state index contributed by atoms with van der Waals surface area (Å²) in [4.78, 5) is 9.53. The summed E-state index contributed by atoms with van der Waals surface area (Å²) in [5.74, 6) is 0.863. The average molecular weight is 137 g/mol. The molecule has 0 unspecified atom stereocenters. The molecule has 0 aliphatic heterocycles. The molecule has 0 aliphatic carbocycles. The highest BCUT2D eigenvalue weighted by Gasteiger charge is 1.77. The van der Waals surface area contributed by atoms with E-state index in [9.17, 15) is 4.79 Å². The van der Waals surface area contributed by atoms with E-state index in [0.717, 1.165) is 5.75 Å². The number of rotatable bonds is 4. The maximum Gasteiger partial charge on any atom is 0.207 e. The number of thiol groups is 1. The number of nitrogens with one attached hydrogen (secondary N) is 1. The Labute approximate surface area is 51.9 Å².